The van der Waals surface area contributed by atoms with Gasteiger partial charge in [-0.1, -0.05) is 13.8 Å². The van der Waals surface area contributed by atoms with Gasteiger partial charge in [0.15, 0.2) is 6.29 Å². The predicted octanol–water partition coefficient (Wildman–Crippen LogP) is 0.0950. The molecule has 1 aliphatic heterocycles. The van der Waals surface area contributed by atoms with Crippen LogP contribution in [0.25, 0.3) is 0 Å². The molecule has 0 aromatic carbocycles. The van der Waals surface area contributed by atoms with Crippen molar-refractivity contribution in [3.05, 3.63) is 0 Å². The molecule has 1 aliphatic rings. The first-order valence-electron chi connectivity index (χ1n) is 6.46. The number of rotatable bonds is 8. The molecule has 0 aliphatic carbocycles. The van der Waals surface area contributed by atoms with Crippen LogP contribution in [0.4, 0.5) is 0 Å². The molecule has 1 saturated heterocycles. The van der Waals surface area contributed by atoms with Gasteiger partial charge >= 0.3 is 0 Å². The van der Waals surface area contributed by atoms with Crippen molar-refractivity contribution in [3.63, 3.8) is 0 Å². The SMILES string of the molecule is CC(C)CC1O[C@H](COS(C)(=O)=O)[C@@H](COS(C)(=O)=O)O1. The summed E-state index contributed by atoms with van der Waals surface area (Å²) in [4.78, 5) is 0. The first-order chi connectivity index (χ1) is 9.46. The van der Waals surface area contributed by atoms with Crippen molar-refractivity contribution >= 4 is 20.2 Å². The Morgan fingerprint density at radius 3 is 1.57 bits per heavy atom. The van der Waals surface area contributed by atoms with E-state index in [-0.39, 0.29) is 13.2 Å². The van der Waals surface area contributed by atoms with Gasteiger partial charge in [-0.2, -0.15) is 16.8 Å². The first kappa shape index (κ1) is 18.8. The van der Waals surface area contributed by atoms with Gasteiger partial charge < -0.3 is 9.47 Å². The van der Waals surface area contributed by atoms with Crippen LogP contribution in [-0.2, 0) is 38.1 Å². The molecule has 126 valence electrons. The fourth-order valence-corrected chi connectivity index (χ4v) is 2.53. The second-order valence-corrected chi connectivity index (χ2v) is 8.67. The molecule has 0 aromatic heterocycles. The molecule has 1 fully saturated rings. The van der Waals surface area contributed by atoms with Crippen LogP contribution in [0.5, 0.6) is 0 Å². The summed E-state index contributed by atoms with van der Waals surface area (Å²) in [5, 5.41) is 0. The van der Waals surface area contributed by atoms with E-state index in [1.165, 1.54) is 0 Å². The van der Waals surface area contributed by atoms with Crippen LogP contribution in [0.2, 0.25) is 0 Å². The van der Waals surface area contributed by atoms with Gasteiger partial charge in [-0.05, 0) is 5.92 Å². The molecule has 0 saturated carbocycles. The van der Waals surface area contributed by atoms with Crippen molar-refractivity contribution in [1.29, 1.82) is 0 Å². The smallest absolute Gasteiger partial charge is 0.264 e. The molecule has 1 rings (SSSR count). The van der Waals surface area contributed by atoms with Gasteiger partial charge in [0.05, 0.1) is 25.7 Å². The lowest BCUT2D eigenvalue weighted by atomic mass is 10.1. The lowest BCUT2D eigenvalue weighted by Gasteiger charge is -2.15. The predicted molar refractivity (Wildman–Crippen MR) is 74.6 cm³/mol. The van der Waals surface area contributed by atoms with Crippen LogP contribution in [0.3, 0.4) is 0 Å². The summed E-state index contributed by atoms with van der Waals surface area (Å²) in [6, 6.07) is 0. The van der Waals surface area contributed by atoms with E-state index in [0.29, 0.717) is 12.3 Å². The van der Waals surface area contributed by atoms with E-state index >= 15 is 0 Å². The summed E-state index contributed by atoms with van der Waals surface area (Å²) < 4.78 is 64.6. The van der Waals surface area contributed by atoms with Crippen LogP contribution in [0.15, 0.2) is 0 Å². The Hall–Kier alpha value is -0.260. The summed E-state index contributed by atoms with van der Waals surface area (Å²) in [6.45, 7) is 3.47. The Labute approximate surface area is 126 Å². The van der Waals surface area contributed by atoms with E-state index in [1.54, 1.807) is 0 Å². The molecular weight excluding hydrogens is 324 g/mol. The van der Waals surface area contributed by atoms with Gasteiger partial charge in [-0.25, -0.2) is 0 Å². The normalized spacial score (nSPS) is 24.8. The molecule has 0 bridgehead atoms. The minimum absolute atomic E-state index is 0.245. The highest BCUT2D eigenvalue weighted by Crippen LogP contribution is 2.25. The Kier molecular flexibility index (Phi) is 6.56. The van der Waals surface area contributed by atoms with Crippen molar-refractivity contribution in [2.24, 2.45) is 5.92 Å². The highest BCUT2D eigenvalue weighted by molar-refractivity contribution is 7.86. The maximum atomic E-state index is 11.0. The zero-order valence-corrected chi connectivity index (χ0v) is 14.1. The third-order valence-electron chi connectivity index (χ3n) is 2.62. The lowest BCUT2D eigenvalue weighted by Crippen LogP contribution is -2.33. The van der Waals surface area contributed by atoms with E-state index in [9.17, 15) is 16.8 Å². The maximum Gasteiger partial charge on any atom is 0.264 e. The van der Waals surface area contributed by atoms with Gasteiger partial charge in [0.1, 0.15) is 12.2 Å². The van der Waals surface area contributed by atoms with Gasteiger partial charge in [0.2, 0.25) is 0 Å². The van der Waals surface area contributed by atoms with Gasteiger partial charge in [0, 0.05) is 6.42 Å². The molecule has 8 nitrogen and oxygen atoms in total. The highest BCUT2D eigenvalue weighted by atomic mass is 32.2. The summed E-state index contributed by atoms with van der Waals surface area (Å²) >= 11 is 0. The second-order valence-electron chi connectivity index (χ2n) is 5.39. The van der Waals surface area contributed by atoms with Crippen molar-refractivity contribution in [3.8, 4) is 0 Å². The van der Waals surface area contributed by atoms with Crippen molar-refractivity contribution in [2.75, 3.05) is 25.7 Å². The average Bonchev–Trinajstić information content (AvgIpc) is 2.63. The van der Waals surface area contributed by atoms with Gasteiger partial charge in [0.25, 0.3) is 20.2 Å². The van der Waals surface area contributed by atoms with E-state index < -0.39 is 38.7 Å². The van der Waals surface area contributed by atoms with Crippen LogP contribution < -0.4 is 0 Å². The molecule has 0 amide bonds. The first-order valence-corrected chi connectivity index (χ1v) is 10.1. The molecule has 10 heteroatoms. The summed E-state index contributed by atoms with van der Waals surface area (Å²) in [5.74, 6) is 0.307. The summed E-state index contributed by atoms with van der Waals surface area (Å²) in [7, 11) is -7.23. The van der Waals surface area contributed by atoms with E-state index in [4.69, 9.17) is 17.8 Å². The van der Waals surface area contributed by atoms with Crippen LogP contribution in [-0.4, -0.2) is 61.1 Å². The summed E-state index contributed by atoms with van der Waals surface area (Å²) in [5.41, 5.74) is 0. The topological polar surface area (TPSA) is 105 Å². The molecule has 0 spiro atoms. The lowest BCUT2D eigenvalue weighted by molar-refractivity contribution is -0.0827. The molecule has 0 N–H and O–H groups in total. The number of hydrogen-bond donors (Lipinski definition) is 0. The largest absolute Gasteiger partial charge is 0.344 e. The van der Waals surface area contributed by atoms with Crippen LogP contribution in [0, 0.1) is 5.92 Å². The maximum absolute atomic E-state index is 11.0. The van der Waals surface area contributed by atoms with Crippen LogP contribution in [0.1, 0.15) is 20.3 Å². The standard InChI is InChI=1S/C11H22O8S2/c1-8(2)5-11-18-9(6-16-20(3,12)13)10(19-11)7-17-21(4,14)15/h8-11H,5-7H2,1-4H3/t9-,10-/m1/s1. The number of hydrogen-bond acceptors (Lipinski definition) is 8. The second kappa shape index (κ2) is 7.34. The monoisotopic (exact) mass is 346 g/mol. The minimum atomic E-state index is -3.61. The van der Waals surface area contributed by atoms with E-state index in [1.807, 2.05) is 13.8 Å². The molecular formula is C11H22O8S2. The molecule has 21 heavy (non-hydrogen) atoms. The van der Waals surface area contributed by atoms with Crippen LogP contribution >= 0.6 is 0 Å². The Bertz CT molecular complexity index is 480. The third-order valence-corrected chi connectivity index (χ3v) is 3.75. The fraction of sp³-hybridized carbons (Fsp3) is 1.00. The highest BCUT2D eigenvalue weighted by Gasteiger charge is 2.38. The number of ether oxygens (including phenoxy) is 2. The summed E-state index contributed by atoms with van der Waals surface area (Å²) in [6.07, 6.45) is 0.513. The van der Waals surface area contributed by atoms with Crippen molar-refractivity contribution < 1.29 is 34.7 Å². The fourth-order valence-electron chi connectivity index (χ4n) is 1.77. The molecule has 0 unspecified atom stereocenters. The van der Waals surface area contributed by atoms with Gasteiger partial charge in [-0.15, -0.1) is 0 Å². The quantitative estimate of drug-likeness (QED) is 0.570. The molecule has 1 heterocycles. The Morgan fingerprint density at radius 1 is 0.905 bits per heavy atom. The zero-order valence-electron chi connectivity index (χ0n) is 12.5. The molecule has 0 aromatic rings. The Balaban J connectivity index is 2.64. The molecule has 2 atom stereocenters. The van der Waals surface area contributed by atoms with E-state index in [0.717, 1.165) is 12.5 Å². The van der Waals surface area contributed by atoms with Crippen molar-refractivity contribution in [2.45, 2.75) is 38.8 Å². The molecule has 0 radical (unpaired) electrons. The minimum Gasteiger partial charge on any atom is -0.344 e. The third kappa shape index (κ3) is 8.07. The van der Waals surface area contributed by atoms with E-state index in [2.05, 4.69) is 0 Å². The van der Waals surface area contributed by atoms with Gasteiger partial charge in [-0.3, -0.25) is 8.37 Å². The Morgan fingerprint density at radius 2 is 1.29 bits per heavy atom. The zero-order chi connectivity index (χ0) is 16.3. The average molecular weight is 346 g/mol. The van der Waals surface area contributed by atoms with Crippen molar-refractivity contribution in [1.82, 2.24) is 0 Å².